The number of hydrogen-bond acceptors (Lipinski definition) is 4. The normalized spacial score (nSPS) is 10.9. The van der Waals surface area contributed by atoms with E-state index in [9.17, 15) is 0 Å². The first-order valence-electron chi connectivity index (χ1n) is 7.85. The van der Waals surface area contributed by atoms with Crippen LogP contribution in [0.3, 0.4) is 0 Å². The molecular formula is C19H17N5. The molecule has 0 bridgehead atoms. The first kappa shape index (κ1) is 14.4. The summed E-state index contributed by atoms with van der Waals surface area (Å²) in [5.74, 6) is 0.917. The van der Waals surface area contributed by atoms with Crippen molar-refractivity contribution >= 4 is 11.5 Å². The van der Waals surface area contributed by atoms with E-state index >= 15 is 0 Å². The molecule has 0 amide bonds. The maximum atomic E-state index is 4.67. The van der Waals surface area contributed by atoms with Gasteiger partial charge < -0.3 is 5.32 Å². The number of pyridine rings is 1. The highest BCUT2D eigenvalue weighted by Gasteiger charge is 2.08. The number of aromatic nitrogens is 4. The van der Waals surface area contributed by atoms with E-state index in [2.05, 4.69) is 51.6 Å². The van der Waals surface area contributed by atoms with Crippen LogP contribution in [0.1, 0.15) is 11.1 Å². The van der Waals surface area contributed by atoms with Crippen LogP contribution >= 0.6 is 0 Å². The zero-order valence-corrected chi connectivity index (χ0v) is 13.3. The van der Waals surface area contributed by atoms with Gasteiger partial charge in [0.25, 0.3) is 0 Å². The van der Waals surface area contributed by atoms with Gasteiger partial charge in [0.1, 0.15) is 5.82 Å². The summed E-state index contributed by atoms with van der Waals surface area (Å²) in [6, 6.07) is 16.2. The van der Waals surface area contributed by atoms with Gasteiger partial charge in [-0.05, 0) is 30.2 Å². The molecule has 3 heterocycles. The van der Waals surface area contributed by atoms with Crippen LogP contribution in [0.15, 0.2) is 67.1 Å². The van der Waals surface area contributed by atoms with Crippen molar-refractivity contribution in [2.75, 3.05) is 5.32 Å². The smallest absolute Gasteiger partial charge is 0.157 e. The van der Waals surface area contributed by atoms with Gasteiger partial charge >= 0.3 is 0 Å². The molecule has 1 aromatic carbocycles. The topological polar surface area (TPSA) is 55.1 Å². The zero-order chi connectivity index (χ0) is 16.4. The maximum Gasteiger partial charge on any atom is 0.157 e. The van der Waals surface area contributed by atoms with Gasteiger partial charge in [-0.15, -0.1) is 0 Å². The molecule has 5 heteroatoms. The Labute approximate surface area is 140 Å². The molecule has 1 N–H and O–H groups in total. The van der Waals surface area contributed by atoms with Crippen LogP contribution in [0.5, 0.6) is 0 Å². The minimum absolute atomic E-state index is 0.738. The highest BCUT2D eigenvalue weighted by molar-refractivity contribution is 5.66. The van der Waals surface area contributed by atoms with E-state index < -0.39 is 0 Å². The molecule has 24 heavy (non-hydrogen) atoms. The standard InChI is InChI=1S/C19H17N5/c1-14-4-2-3-5-16(14)13-21-19-12-17(15-6-9-20-10-7-15)23-18-8-11-22-24(18)19/h2-12,21H,13H2,1H3. The Kier molecular flexibility index (Phi) is 3.67. The van der Waals surface area contributed by atoms with Crippen molar-refractivity contribution in [2.45, 2.75) is 13.5 Å². The van der Waals surface area contributed by atoms with Gasteiger partial charge in [-0.25, -0.2) is 4.98 Å². The quantitative estimate of drug-likeness (QED) is 0.624. The van der Waals surface area contributed by atoms with Gasteiger partial charge in [0, 0.05) is 36.6 Å². The van der Waals surface area contributed by atoms with Gasteiger partial charge in [0.05, 0.1) is 11.9 Å². The monoisotopic (exact) mass is 315 g/mol. The summed E-state index contributed by atoms with van der Waals surface area (Å²) in [4.78, 5) is 8.74. The van der Waals surface area contributed by atoms with Crippen molar-refractivity contribution in [3.63, 3.8) is 0 Å². The predicted octanol–water partition coefficient (Wildman–Crippen LogP) is 3.71. The van der Waals surface area contributed by atoms with Gasteiger partial charge in [-0.1, -0.05) is 24.3 Å². The van der Waals surface area contributed by atoms with Crippen molar-refractivity contribution in [3.8, 4) is 11.3 Å². The van der Waals surface area contributed by atoms with E-state index in [0.29, 0.717) is 0 Å². The number of nitrogens with one attached hydrogen (secondary N) is 1. The molecule has 5 nitrogen and oxygen atoms in total. The Hall–Kier alpha value is -3.21. The molecular weight excluding hydrogens is 298 g/mol. The van der Waals surface area contributed by atoms with Gasteiger partial charge in [-0.2, -0.15) is 9.61 Å². The number of hydrogen-bond donors (Lipinski definition) is 1. The summed E-state index contributed by atoms with van der Waals surface area (Å²) < 4.78 is 1.82. The van der Waals surface area contributed by atoms with Crippen LogP contribution in [-0.4, -0.2) is 19.6 Å². The molecule has 0 radical (unpaired) electrons. The molecule has 0 atom stereocenters. The van der Waals surface area contributed by atoms with Crippen LogP contribution in [0.4, 0.5) is 5.82 Å². The zero-order valence-electron chi connectivity index (χ0n) is 13.3. The average Bonchev–Trinajstić information content (AvgIpc) is 3.10. The third-order valence-corrected chi connectivity index (χ3v) is 4.06. The summed E-state index contributed by atoms with van der Waals surface area (Å²) in [6.45, 7) is 2.86. The molecule has 118 valence electrons. The maximum absolute atomic E-state index is 4.67. The lowest BCUT2D eigenvalue weighted by Gasteiger charge is -2.12. The number of fused-ring (bicyclic) bond motifs is 1. The van der Waals surface area contributed by atoms with Gasteiger partial charge in [-0.3, -0.25) is 4.98 Å². The summed E-state index contributed by atoms with van der Waals surface area (Å²) >= 11 is 0. The first-order valence-corrected chi connectivity index (χ1v) is 7.85. The van der Waals surface area contributed by atoms with E-state index in [0.717, 1.165) is 29.3 Å². The Morgan fingerprint density at radius 2 is 1.83 bits per heavy atom. The van der Waals surface area contributed by atoms with Crippen molar-refractivity contribution in [1.82, 2.24) is 19.6 Å². The molecule has 4 rings (SSSR count). The number of rotatable bonds is 4. The Bertz CT molecular complexity index is 975. The van der Waals surface area contributed by atoms with E-state index in [4.69, 9.17) is 0 Å². The third-order valence-electron chi connectivity index (χ3n) is 4.06. The molecule has 0 unspecified atom stereocenters. The molecule has 0 saturated carbocycles. The fraction of sp³-hybridized carbons (Fsp3) is 0.105. The van der Waals surface area contributed by atoms with Crippen molar-refractivity contribution < 1.29 is 0 Å². The fourth-order valence-corrected chi connectivity index (χ4v) is 2.70. The van der Waals surface area contributed by atoms with Crippen LogP contribution < -0.4 is 5.32 Å². The van der Waals surface area contributed by atoms with Crippen LogP contribution in [-0.2, 0) is 6.54 Å². The second-order valence-electron chi connectivity index (χ2n) is 5.64. The molecule has 0 aliphatic carbocycles. The van der Waals surface area contributed by atoms with Crippen LogP contribution in [0.25, 0.3) is 16.9 Å². The minimum Gasteiger partial charge on any atom is -0.366 e. The molecule has 3 aromatic heterocycles. The molecule has 0 spiro atoms. The number of aryl methyl sites for hydroxylation is 1. The lowest BCUT2D eigenvalue weighted by atomic mass is 10.1. The Morgan fingerprint density at radius 3 is 2.67 bits per heavy atom. The molecule has 0 saturated heterocycles. The van der Waals surface area contributed by atoms with E-state index in [1.807, 2.05) is 28.8 Å². The minimum atomic E-state index is 0.738. The molecule has 0 fully saturated rings. The van der Waals surface area contributed by atoms with Crippen molar-refractivity contribution in [3.05, 3.63) is 78.2 Å². The highest BCUT2D eigenvalue weighted by Crippen LogP contribution is 2.22. The number of nitrogens with zero attached hydrogens (tertiary/aromatic N) is 4. The fourth-order valence-electron chi connectivity index (χ4n) is 2.70. The van der Waals surface area contributed by atoms with Crippen molar-refractivity contribution in [1.29, 1.82) is 0 Å². The lowest BCUT2D eigenvalue weighted by molar-refractivity contribution is 0.925. The van der Waals surface area contributed by atoms with Gasteiger partial charge in [0.15, 0.2) is 5.65 Å². The largest absolute Gasteiger partial charge is 0.366 e. The van der Waals surface area contributed by atoms with Crippen LogP contribution in [0.2, 0.25) is 0 Å². The lowest BCUT2D eigenvalue weighted by Crippen LogP contribution is -2.07. The van der Waals surface area contributed by atoms with Gasteiger partial charge in [0.2, 0.25) is 0 Å². The first-order chi connectivity index (χ1) is 11.8. The Morgan fingerprint density at radius 1 is 1.00 bits per heavy atom. The third kappa shape index (κ3) is 2.72. The summed E-state index contributed by atoms with van der Waals surface area (Å²) in [5.41, 5.74) is 5.28. The molecule has 0 aliphatic rings. The SMILES string of the molecule is Cc1ccccc1CNc1cc(-c2ccncc2)nc2ccnn12. The van der Waals surface area contributed by atoms with Crippen molar-refractivity contribution in [2.24, 2.45) is 0 Å². The summed E-state index contributed by atoms with van der Waals surface area (Å²) in [6.07, 6.45) is 5.31. The second-order valence-corrected chi connectivity index (χ2v) is 5.64. The number of benzene rings is 1. The summed E-state index contributed by atoms with van der Waals surface area (Å²) in [5, 5.41) is 7.85. The summed E-state index contributed by atoms with van der Waals surface area (Å²) in [7, 11) is 0. The number of anilines is 1. The molecule has 4 aromatic rings. The average molecular weight is 315 g/mol. The molecule has 0 aliphatic heterocycles. The second kappa shape index (κ2) is 6.12. The van der Waals surface area contributed by atoms with Crippen LogP contribution in [0, 0.1) is 6.92 Å². The van der Waals surface area contributed by atoms with E-state index in [-0.39, 0.29) is 0 Å². The predicted molar refractivity (Wildman–Crippen MR) is 94.7 cm³/mol. The highest BCUT2D eigenvalue weighted by atomic mass is 15.3. The Balaban J connectivity index is 1.71. The van der Waals surface area contributed by atoms with E-state index in [1.165, 1.54) is 11.1 Å². The van der Waals surface area contributed by atoms with E-state index in [1.54, 1.807) is 18.6 Å².